The van der Waals surface area contributed by atoms with Crippen molar-refractivity contribution in [2.24, 2.45) is 0 Å². The van der Waals surface area contributed by atoms with Crippen LogP contribution in [0.1, 0.15) is 58.5 Å². The van der Waals surface area contributed by atoms with Crippen LogP contribution >= 0.6 is 11.3 Å². The van der Waals surface area contributed by atoms with E-state index in [0.717, 1.165) is 29.1 Å². The lowest BCUT2D eigenvalue weighted by molar-refractivity contribution is 0.0713. The Morgan fingerprint density at radius 2 is 1.83 bits per heavy atom. The molecule has 2 amide bonds. The van der Waals surface area contributed by atoms with Gasteiger partial charge >= 0.3 is 0 Å². The van der Waals surface area contributed by atoms with Gasteiger partial charge in [0.1, 0.15) is 22.5 Å². The number of thiazole rings is 1. The van der Waals surface area contributed by atoms with E-state index >= 15 is 0 Å². The van der Waals surface area contributed by atoms with Crippen molar-refractivity contribution >= 4 is 39.9 Å². The smallest absolute Gasteiger partial charge is 0.275 e. The van der Waals surface area contributed by atoms with Crippen molar-refractivity contribution in [2.75, 3.05) is 18.4 Å². The van der Waals surface area contributed by atoms with Crippen molar-refractivity contribution in [3.8, 4) is 5.75 Å². The number of hydrogen-bond acceptors (Lipinski definition) is 7. The number of aromatic amines is 1. The van der Waals surface area contributed by atoms with Crippen LogP contribution < -0.4 is 10.1 Å². The number of anilines is 1. The van der Waals surface area contributed by atoms with Crippen LogP contribution in [0, 0.1) is 0 Å². The minimum Gasteiger partial charge on any atom is -0.491 e. The molecule has 0 bridgehead atoms. The lowest BCUT2D eigenvalue weighted by Gasteiger charge is -2.31. The quantitative estimate of drug-likeness (QED) is 0.412. The molecule has 4 aromatic rings. The SMILES string of the molecule is CC(C)Oc1ccc(C(=O)N2CCC(c3nc(C(=O)Nc4ccc5n[nH]nc5c4)cs3)CC2)cc1. The van der Waals surface area contributed by atoms with Crippen LogP contribution in [0.3, 0.4) is 0 Å². The standard InChI is InChI=1S/C25H26N6O3S/c1-15(2)34-19-6-3-17(4-7-19)25(33)31-11-9-16(10-12-31)24-27-22(14-35-24)23(32)26-18-5-8-20-21(13-18)29-30-28-20/h3-8,13-16H,9-12H2,1-2H3,(H,26,32)(H,28,29,30). The predicted molar refractivity (Wildman–Crippen MR) is 134 cm³/mol. The number of rotatable bonds is 6. The van der Waals surface area contributed by atoms with Gasteiger partial charge in [-0.15, -0.1) is 11.3 Å². The third-order valence-electron chi connectivity index (χ3n) is 5.93. The minimum absolute atomic E-state index is 0.0304. The molecule has 35 heavy (non-hydrogen) atoms. The van der Waals surface area contributed by atoms with E-state index in [9.17, 15) is 9.59 Å². The Bertz CT molecular complexity index is 1340. The van der Waals surface area contributed by atoms with Crippen molar-refractivity contribution in [2.45, 2.75) is 38.7 Å². The topological polar surface area (TPSA) is 113 Å². The fourth-order valence-corrected chi connectivity index (χ4v) is 5.12. The number of ether oxygens (including phenoxy) is 1. The highest BCUT2D eigenvalue weighted by atomic mass is 32.1. The lowest BCUT2D eigenvalue weighted by atomic mass is 9.97. The first kappa shape index (κ1) is 23.0. The number of piperidine rings is 1. The number of benzene rings is 2. The first-order chi connectivity index (χ1) is 17.0. The summed E-state index contributed by atoms with van der Waals surface area (Å²) >= 11 is 1.49. The average molecular weight is 491 g/mol. The van der Waals surface area contributed by atoms with Gasteiger partial charge in [-0.1, -0.05) is 0 Å². The summed E-state index contributed by atoms with van der Waals surface area (Å²) in [5, 5.41) is 16.2. The number of aromatic nitrogens is 4. The molecule has 180 valence electrons. The second-order valence-corrected chi connectivity index (χ2v) is 9.70. The number of nitrogens with one attached hydrogen (secondary N) is 2. The maximum atomic E-state index is 12.9. The number of likely N-dealkylation sites (tertiary alicyclic amines) is 1. The summed E-state index contributed by atoms with van der Waals surface area (Å²) in [6.45, 7) is 5.26. The van der Waals surface area contributed by atoms with Crippen LogP contribution in [0.5, 0.6) is 5.75 Å². The summed E-state index contributed by atoms with van der Waals surface area (Å²) in [5.74, 6) is 0.771. The zero-order chi connectivity index (χ0) is 24.4. The number of carbonyl (C=O) groups is 2. The first-order valence-corrected chi connectivity index (χ1v) is 12.5. The predicted octanol–water partition coefficient (Wildman–Crippen LogP) is 4.47. The number of carbonyl (C=O) groups excluding carboxylic acids is 2. The first-order valence-electron chi connectivity index (χ1n) is 11.6. The number of hydrogen-bond donors (Lipinski definition) is 2. The van der Waals surface area contributed by atoms with Crippen molar-refractivity contribution in [1.29, 1.82) is 0 Å². The van der Waals surface area contributed by atoms with Crippen LogP contribution in [0.25, 0.3) is 11.0 Å². The van der Waals surface area contributed by atoms with Gasteiger partial charge < -0.3 is 15.0 Å². The van der Waals surface area contributed by atoms with Gasteiger partial charge in [0.2, 0.25) is 0 Å². The van der Waals surface area contributed by atoms with Crippen molar-refractivity contribution in [3.63, 3.8) is 0 Å². The van der Waals surface area contributed by atoms with Gasteiger partial charge in [0.05, 0.1) is 11.1 Å². The molecule has 0 spiro atoms. The molecule has 2 N–H and O–H groups in total. The molecule has 0 saturated carbocycles. The maximum absolute atomic E-state index is 12.9. The Morgan fingerprint density at radius 3 is 2.57 bits per heavy atom. The Hall–Kier alpha value is -3.79. The maximum Gasteiger partial charge on any atom is 0.275 e. The number of nitrogens with zero attached hydrogens (tertiary/aromatic N) is 4. The molecule has 2 aromatic heterocycles. The summed E-state index contributed by atoms with van der Waals surface area (Å²) in [5.41, 5.74) is 3.12. The molecular weight excluding hydrogens is 464 g/mol. The average Bonchev–Trinajstić information content (AvgIpc) is 3.54. The fourth-order valence-electron chi connectivity index (χ4n) is 4.15. The van der Waals surface area contributed by atoms with Gasteiger partial charge in [0, 0.05) is 35.6 Å². The minimum atomic E-state index is -0.257. The number of H-pyrrole nitrogens is 1. The molecule has 0 unspecified atom stereocenters. The third-order valence-corrected chi connectivity index (χ3v) is 6.94. The van der Waals surface area contributed by atoms with Gasteiger partial charge in [-0.3, -0.25) is 9.59 Å². The molecular formula is C25H26N6O3S. The molecule has 1 saturated heterocycles. The molecule has 0 radical (unpaired) electrons. The zero-order valence-corrected chi connectivity index (χ0v) is 20.3. The van der Waals surface area contributed by atoms with Gasteiger partial charge in [0.15, 0.2) is 0 Å². The largest absolute Gasteiger partial charge is 0.491 e. The molecule has 5 rings (SSSR count). The van der Waals surface area contributed by atoms with Gasteiger partial charge in [-0.2, -0.15) is 15.4 Å². The molecule has 1 aliphatic heterocycles. The van der Waals surface area contributed by atoms with Crippen LogP contribution in [-0.2, 0) is 0 Å². The summed E-state index contributed by atoms with van der Waals surface area (Å²) in [7, 11) is 0. The summed E-state index contributed by atoms with van der Waals surface area (Å²) < 4.78 is 5.66. The monoisotopic (exact) mass is 490 g/mol. The van der Waals surface area contributed by atoms with Gasteiger partial charge in [-0.25, -0.2) is 4.98 Å². The van der Waals surface area contributed by atoms with E-state index in [2.05, 4.69) is 25.7 Å². The molecule has 1 aliphatic rings. The Kier molecular flexibility index (Phi) is 6.45. The molecule has 9 nitrogen and oxygen atoms in total. The Labute approximate surface area is 206 Å². The van der Waals surface area contributed by atoms with E-state index in [1.807, 2.05) is 43.0 Å². The fraction of sp³-hybridized carbons (Fsp3) is 0.320. The summed E-state index contributed by atoms with van der Waals surface area (Å²) in [6, 6.07) is 12.7. The van der Waals surface area contributed by atoms with E-state index in [4.69, 9.17) is 4.74 Å². The Balaban J connectivity index is 1.16. The van der Waals surface area contributed by atoms with E-state index in [1.54, 1.807) is 23.6 Å². The van der Waals surface area contributed by atoms with Crippen LogP contribution in [-0.4, -0.2) is 56.3 Å². The summed E-state index contributed by atoms with van der Waals surface area (Å²) in [6.07, 6.45) is 1.73. The van der Waals surface area contributed by atoms with Crippen LogP contribution in [0.4, 0.5) is 5.69 Å². The number of amides is 2. The molecule has 0 atom stereocenters. The van der Waals surface area contributed by atoms with Crippen LogP contribution in [0.15, 0.2) is 47.8 Å². The van der Waals surface area contributed by atoms with Crippen molar-refractivity contribution in [3.05, 3.63) is 64.1 Å². The highest BCUT2D eigenvalue weighted by molar-refractivity contribution is 7.10. The Morgan fingerprint density at radius 1 is 1.09 bits per heavy atom. The third kappa shape index (κ3) is 5.17. The van der Waals surface area contributed by atoms with Gasteiger partial charge in [0.25, 0.3) is 11.8 Å². The normalized spacial score (nSPS) is 14.4. The number of fused-ring (bicyclic) bond motifs is 1. The lowest BCUT2D eigenvalue weighted by Crippen LogP contribution is -2.37. The molecule has 3 heterocycles. The van der Waals surface area contributed by atoms with E-state index < -0.39 is 0 Å². The molecule has 1 fully saturated rings. The van der Waals surface area contributed by atoms with Crippen LogP contribution in [0.2, 0.25) is 0 Å². The van der Waals surface area contributed by atoms with Gasteiger partial charge in [-0.05, 0) is 69.2 Å². The molecule has 10 heteroatoms. The van der Waals surface area contributed by atoms with E-state index in [1.165, 1.54) is 11.3 Å². The van der Waals surface area contributed by atoms with Crippen molar-refractivity contribution in [1.82, 2.24) is 25.3 Å². The highest BCUT2D eigenvalue weighted by Crippen LogP contribution is 2.31. The van der Waals surface area contributed by atoms with Crippen molar-refractivity contribution < 1.29 is 14.3 Å². The zero-order valence-electron chi connectivity index (χ0n) is 19.5. The second kappa shape index (κ2) is 9.83. The molecule has 0 aliphatic carbocycles. The van der Waals surface area contributed by atoms with E-state index in [0.29, 0.717) is 35.6 Å². The summed E-state index contributed by atoms with van der Waals surface area (Å²) in [4.78, 5) is 32.1. The second-order valence-electron chi connectivity index (χ2n) is 8.81. The molecule has 2 aromatic carbocycles. The van der Waals surface area contributed by atoms with E-state index in [-0.39, 0.29) is 23.8 Å². The highest BCUT2D eigenvalue weighted by Gasteiger charge is 2.27.